The van der Waals surface area contributed by atoms with Crippen molar-refractivity contribution in [2.75, 3.05) is 13.1 Å². The number of likely N-dealkylation sites (N-methyl/N-ethyl adjacent to an activating group) is 1. The van der Waals surface area contributed by atoms with Gasteiger partial charge in [-0.05, 0) is 0 Å². The quantitative estimate of drug-likeness (QED) is 0.732. The van der Waals surface area contributed by atoms with Crippen LogP contribution in [-0.4, -0.2) is 35.8 Å². The summed E-state index contributed by atoms with van der Waals surface area (Å²) >= 11 is 0. The number of H-pyrrole nitrogens is 1. The number of nitrogens with zero attached hydrogens (tertiary/aromatic N) is 2. The van der Waals surface area contributed by atoms with Gasteiger partial charge in [-0.15, -0.1) is 6.58 Å². The van der Waals surface area contributed by atoms with E-state index in [0.717, 1.165) is 0 Å². The predicted octanol–water partition coefficient (Wildman–Crippen LogP) is 0.606. The van der Waals surface area contributed by atoms with Crippen LogP contribution in [0.2, 0.25) is 0 Å². The van der Waals surface area contributed by atoms with Crippen molar-refractivity contribution in [2.24, 2.45) is 0 Å². The van der Waals surface area contributed by atoms with E-state index < -0.39 is 10.0 Å². The van der Waals surface area contributed by atoms with Crippen LogP contribution in [0.4, 0.5) is 0 Å². The molecular weight excluding hydrogens is 202 g/mol. The summed E-state index contributed by atoms with van der Waals surface area (Å²) in [5.41, 5.74) is 0. The van der Waals surface area contributed by atoms with E-state index in [0.29, 0.717) is 13.1 Å². The third-order valence-electron chi connectivity index (χ3n) is 1.78. The van der Waals surface area contributed by atoms with Crippen LogP contribution in [0.1, 0.15) is 6.92 Å². The van der Waals surface area contributed by atoms with Crippen LogP contribution in [0.5, 0.6) is 0 Å². The van der Waals surface area contributed by atoms with E-state index in [9.17, 15) is 8.42 Å². The van der Waals surface area contributed by atoms with E-state index in [1.807, 2.05) is 0 Å². The van der Waals surface area contributed by atoms with Gasteiger partial charge in [-0.1, -0.05) is 13.0 Å². The van der Waals surface area contributed by atoms with E-state index in [1.165, 1.54) is 16.8 Å². The van der Waals surface area contributed by atoms with Crippen molar-refractivity contribution in [2.45, 2.75) is 11.9 Å². The zero-order valence-electron chi connectivity index (χ0n) is 7.97. The fourth-order valence-electron chi connectivity index (χ4n) is 1.06. The molecule has 1 N–H and O–H groups in total. The highest BCUT2D eigenvalue weighted by Crippen LogP contribution is 2.10. The second-order valence-corrected chi connectivity index (χ2v) is 4.57. The van der Waals surface area contributed by atoms with E-state index in [2.05, 4.69) is 16.5 Å². The molecule has 0 unspecified atom stereocenters. The van der Waals surface area contributed by atoms with Crippen LogP contribution in [0.25, 0.3) is 0 Å². The number of sulfonamides is 1. The highest BCUT2D eigenvalue weighted by molar-refractivity contribution is 7.89. The highest BCUT2D eigenvalue weighted by Gasteiger charge is 2.22. The lowest BCUT2D eigenvalue weighted by atomic mass is 10.6. The van der Waals surface area contributed by atoms with E-state index in [1.54, 1.807) is 13.0 Å². The average Bonchev–Trinajstić information content (AvgIpc) is 2.66. The molecule has 1 aromatic heterocycles. The number of hydrogen-bond acceptors (Lipinski definition) is 3. The van der Waals surface area contributed by atoms with Gasteiger partial charge < -0.3 is 4.98 Å². The SMILES string of the molecule is C=CCN(CC)S(=O)(=O)c1cnc[nH]1. The first-order valence-electron chi connectivity index (χ1n) is 4.22. The smallest absolute Gasteiger partial charge is 0.260 e. The molecular formula is C8H13N3O2S. The van der Waals surface area contributed by atoms with Gasteiger partial charge in [0.1, 0.15) is 0 Å². The molecule has 0 aliphatic carbocycles. The summed E-state index contributed by atoms with van der Waals surface area (Å²) < 4.78 is 25.0. The van der Waals surface area contributed by atoms with Crippen molar-refractivity contribution in [3.05, 3.63) is 25.2 Å². The minimum absolute atomic E-state index is 0.112. The van der Waals surface area contributed by atoms with Crippen LogP contribution >= 0.6 is 0 Å². The Labute approximate surface area is 83.5 Å². The average molecular weight is 215 g/mol. The van der Waals surface area contributed by atoms with Crippen LogP contribution in [0.3, 0.4) is 0 Å². The van der Waals surface area contributed by atoms with Crippen molar-refractivity contribution < 1.29 is 8.42 Å². The number of aromatic nitrogens is 2. The normalized spacial score (nSPS) is 11.9. The molecule has 0 aromatic carbocycles. The largest absolute Gasteiger partial charge is 0.335 e. The fraction of sp³-hybridized carbons (Fsp3) is 0.375. The molecule has 78 valence electrons. The standard InChI is InChI=1S/C8H13N3O2S/c1-3-5-11(4-2)14(12,13)8-6-9-7-10-8/h3,6-7H,1,4-5H2,2H3,(H,9,10). The number of hydrogen-bond donors (Lipinski definition) is 1. The molecule has 0 saturated heterocycles. The van der Waals surface area contributed by atoms with Crippen molar-refractivity contribution in [1.29, 1.82) is 0 Å². The highest BCUT2D eigenvalue weighted by atomic mass is 32.2. The Morgan fingerprint density at radius 2 is 2.43 bits per heavy atom. The summed E-state index contributed by atoms with van der Waals surface area (Å²) in [6.45, 7) is 6.00. The maximum atomic E-state index is 11.8. The predicted molar refractivity (Wildman–Crippen MR) is 53.2 cm³/mol. The first-order chi connectivity index (χ1) is 6.62. The van der Waals surface area contributed by atoms with Gasteiger partial charge in [-0.2, -0.15) is 4.31 Å². The maximum Gasteiger partial charge on any atom is 0.260 e. The van der Waals surface area contributed by atoms with Crippen LogP contribution < -0.4 is 0 Å². The lowest BCUT2D eigenvalue weighted by molar-refractivity contribution is 0.457. The first kappa shape index (κ1) is 10.9. The molecule has 0 fully saturated rings. The van der Waals surface area contributed by atoms with Crippen LogP contribution in [-0.2, 0) is 10.0 Å². The fourth-order valence-corrected chi connectivity index (χ4v) is 2.38. The first-order valence-corrected chi connectivity index (χ1v) is 5.66. The topological polar surface area (TPSA) is 66.1 Å². The number of rotatable bonds is 5. The van der Waals surface area contributed by atoms with Crippen molar-refractivity contribution in [3.63, 3.8) is 0 Å². The summed E-state index contributed by atoms with van der Waals surface area (Å²) in [5, 5.41) is 0.112. The molecule has 1 aromatic rings. The summed E-state index contributed by atoms with van der Waals surface area (Å²) in [6, 6.07) is 0. The van der Waals surface area contributed by atoms with Crippen molar-refractivity contribution >= 4 is 10.0 Å². The number of aromatic amines is 1. The second kappa shape index (κ2) is 4.39. The molecule has 0 saturated carbocycles. The van der Waals surface area contributed by atoms with Gasteiger partial charge in [-0.3, -0.25) is 0 Å². The summed E-state index contributed by atoms with van der Waals surface area (Å²) in [6.07, 6.45) is 4.19. The van der Waals surface area contributed by atoms with Crippen LogP contribution in [0, 0.1) is 0 Å². The van der Waals surface area contributed by atoms with E-state index >= 15 is 0 Å². The Morgan fingerprint density at radius 1 is 1.71 bits per heavy atom. The summed E-state index contributed by atoms with van der Waals surface area (Å²) in [5.74, 6) is 0. The summed E-state index contributed by atoms with van der Waals surface area (Å²) in [7, 11) is -3.43. The Hall–Kier alpha value is -1.14. The molecule has 0 aliphatic heterocycles. The third kappa shape index (κ3) is 2.02. The minimum atomic E-state index is -3.43. The van der Waals surface area contributed by atoms with Gasteiger partial charge >= 0.3 is 0 Å². The van der Waals surface area contributed by atoms with Crippen LogP contribution in [0.15, 0.2) is 30.2 Å². The number of imidazole rings is 1. The zero-order valence-corrected chi connectivity index (χ0v) is 8.79. The Bertz CT molecular complexity index is 383. The van der Waals surface area contributed by atoms with E-state index in [4.69, 9.17) is 0 Å². The van der Waals surface area contributed by atoms with Gasteiger partial charge in [0.15, 0.2) is 5.03 Å². The van der Waals surface area contributed by atoms with Gasteiger partial charge in [0, 0.05) is 13.1 Å². The minimum Gasteiger partial charge on any atom is -0.335 e. The second-order valence-electron chi connectivity index (χ2n) is 2.66. The molecule has 5 nitrogen and oxygen atoms in total. The third-order valence-corrected chi connectivity index (χ3v) is 3.64. The van der Waals surface area contributed by atoms with Gasteiger partial charge in [0.05, 0.1) is 12.5 Å². The van der Waals surface area contributed by atoms with Crippen molar-refractivity contribution in [1.82, 2.24) is 14.3 Å². The summed E-state index contributed by atoms with van der Waals surface area (Å²) in [4.78, 5) is 6.25. The number of nitrogens with one attached hydrogen (secondary N) is 1. The molecule has 0 atom stereocenters. The molecule has 0 radical (unpaired) electrons. The lowest BCUT2D eigenvalue weighted by Crippen LogP contribution is -2.31. The monoisotopic (exact) mass is 215 g/mol. The van der Waals surface area contributed by atoms with Crippen molar-refractivity contribution in [3.8, 4) is 0 Å². The Morgan fingerprint density at radius 3 is 2.86 bits per heavy atom. The van der Waals surface area contributed by atoms with Gasteiger partial charge in [0.25, 0.3) is 10.0 Å². The maximum absolute atomic E-state index is 11.8. The van der Waals surface area contributed by atoms with Gasteiger partial charge in [-0.25, -0.2) is 13.4 Å². The molecule has 0 amide bonds. The van der Waals surface area contributed by atoms with E-state index in [-0.39, 0.29) is 5.03 Å². The molecule has 1 rings (SSSR count). The Balaban J connectivity index is 2.99. The molecule has 0 aliphatic rings. The zero-order chi connectivity index (χ0) is 10.6. The van der Waals surface area contributed by atoms with Gasteiger partial charge in [0.2, 0.25) is 0 Å². The lowest BCUT2D eigenvalue weighted by Gasteiger charge is -2.16. The molecule has 0 bridgehead atoms. The molecule has 6 heteroatoms. The Kier molecular flexibility index (Phi) is 3.43. The molecule has 14 heavy (non-hydrogen) atoms. The molecule has 1 heterocycles. The molecule has 0 spiro atoms.